The number of fused-ring (bicyclic) bond motifs is 2. The number of benzene rings is 2. The summed E-state index contributed by atoms with van der Waals surface area (Å²) in [5.41, 5.74) is 9.85. The highest BCUT2D eigenvalue weighted by Crippen LogP contribution is 2.40. The summed E-state index contributed by atoms with van der Waals surface area (Å²) in [5, 5.41) is 3.52. The average Bonchev–Trinajstić information content (AvgIpc) is 2.84. The smallest absolute Gasteiger partial charge is 0.143 e. The molecule has 0 amide bonds. The minimum Gasteiger partial charge on any atom is -0.490 e. The van der Waals surface area contributed by atoms with Crippen molar-refractivity contribution < 1.29 is 4.74 Å². The fraction of sp³-hybridized carbons (Fsp3) is 0.455. The van der Waals surface area contributed by atoms with Crippen LogP contribution in [0.1, 0.15) is 33.4 Å². The summed E-state index contributed by atoms with van der Waals surface area (Å²) in [6, 6.07) is 9.07. The molecule has 0 fully saturated rings. The Morgan fingerprint density at radius 3 is 2.80 bits per heavy atom. The molecule has 3 nitrogen and oxygen atoms in total. The molecule has 0 saturated heterocycles. The number of hydrogen-bond donors (Lipinski definition) is 1. The van der Waals surface area contributed by atoms with Crippen molar-refractivity contribution in [2.45, 2.75) is 40.2 Å². The largest absolute Gasteiger partial charge is 0.490 e. The molecule has 25 heavy (non-hydrogen) atoms. The van der Waals surface area contributed by atoms with Crippen LogP contribution in [0.5, 0.6) is 5.75 Å². The van der Waals surface area contributed by atoms with E-state index in [1.54, 1.807) is 0 Å². The van der Waals surface area contributed by atoms with Crippen molar-refractivity contribution in [3.8, 4) is 5.75 Å². The van der Waals surface area contributed by atoms with E-state index in [9.17, 15) is 0 Å². The van der Waals surface area contributed by atoms with E-state index in [4.69, 9.17) is 4.74 Å². The summed E-state index contributed by atoms with van der Waals surface area (Å²) < 4.78 is 6.07. The molecule has 1 N–H and O–H groups in total. The van der Waals surface area contributed by atoms with Gasteiger partial charge in [0.15, 0.2) is 0 Å². The number of nitrogens with one attached hydrogen (secondary N) is 1. The molecule has 2 aliphatic rings. The quantitative estimate of drug-likeness (QED) is 0.905. The standard InChI is InChI=1S/C22H28N2O/c1-15-4-5-16(2)19(12-15)14-24-10-11-25-21-13-18-6-8-23-9-7-20(18)17(3)22(21)24/h4-5,12-13,23H,6-11,14H2,1-3H3. The van der Waals surface area contributed by atoms with Gasteiger partial charge < -0.3 is 15.0 Å². The maximum Gasteiger partial charge on any atom is 0.143 e. The van der Waals surface area contributed by atoms with Gasteiger partial charge in [-0.2, -0.15) is 0 Å². The van der Waals surface area contributed by atoms with Gasteiger partial charge in [-0.3, -0.25) is 0 Å². The first-order valence-electron chi connectivity index (χ1n) is 9.43. The number of anilines is 1. The summed E-state index contributed by atoms with van der Waals surface area (Å²) in [6.07, 6.45) is 2.22. The monoisotopic (exact) mass is 336 g/mol. The lowest BCUT2D eigenvalue weighted by Gasteiger charge is -2.34. The van der Waals surface area contributed by atoms with Crippen LogP contribution in [0, 0.1) is 20.8 Å². The lowest BCUT2D eigenvalue weighted by Crippen LogP contribution is -2.33. The maximum absolute atomic E-state index is 6.07. The fourth-order valence-corrected chi connectivity index (χ4v) is 4.23. The topological polar surface area (TPSA) is 24.5 Å². The molecule has 0 bridgehead atoms. The molecule has 132 valence electrons. The SMILES string of the molecule is Cc1ccc(C)c(CN2CCOc3cc4c(c(C)c32)CCNCC4)c1. The van der Waals surface area contributed by atoms with E-state index in [-0.39, 0.29) is 0 Å². The van der Waals surface area contributed by atoms with Crippen LogP contribution in [0.2, 0.25) is 0 Å². The van der Waals surface area contributed by atoms with Crippen molar-refractivity contribution >= 4 is 5.69 Å². The molecule has 0 aromatic heterocycles. The predicted molar refractivity (Wildman–Crippen MR) is 104 cm³/mol. The van der Waals surface area contributed by atoms with Gasteiger partial charge in [0.1, 0.15) is 12.4 Å². The molecular weight excluding hydrogens is 308 g/mol. The van der Waals surface area contributed by atoms with Gasteiger partial charge in [0, 0.05) is 6.54 Å². The van der Waals surface area contributed by atoms with E-state index >= 15 is 0 Å². The van der Waals surface area contributed by atoms with Crippen molar-refractivity contribution in [3.63, 3.8) is 0 Å². The molecule has 4 rings (SSSR count). The molecule has 0 aliphatic carbocycles. The van der Waals surface area contributed by atoms with Crippen molar-refractivity contribution in [2.75, 3.05) is 31.1 Å². The van der Waals surface area contributed by atoms with Crippen molar-refractivity contribution in [3.05, 3.63) is 57.6 Å². The molecule has 0 unspecified atom stereocenters. The van der Waals surface area contributed by atoms with E-state index in [1.807, 2.05) is 0 Å². The van der Waals surface area contributed by atoms with Gasteiger partial charge in [0.25, 0.3) is 0 Å². The Morgan fingerprint density at radius 2 is 1.92 bits per heavy atom. The molecule has 2 aliphatic heterocycles. The second kappa shape index (κ2) is 6.72. The first-order chi connectivity index (χ1) is 12.1. The van der Waals surface area contributed by atoms with Crippen LogP contribution >= 0.6 is 0 Å². The Kier molecular flexibility index (Phi) is 4.43. The second-order valence-electron chi connectivity index (χ2n) is 7.44. The van der Waals surface area contributed by atoms with Gasteiger partial charge in [0.2, 0.25) is 0 Å². The first-order valence-corrected chi connectivity index (χ1v) is 9.43. The molecule has 0 spiro atoms. The molecule has 0 atom stereocenters. The number of ether oxygens (including phenoxy) is 1. The molecule has 2 heterocycles. The van der Waals surface area contributed by atoms with Gasteiger partial charge in [-0.05, 0) is 80.6 Å². The maximum atomic E-state index is 6.07. The van der Waals surface area contributed by atoms with Gasteiger partial charge >= 0.3 is 0 Å². The predicted octanol–water partition coefficient (Wildman–Crippen LogP) is 3.70. The molecular formula is C22H28N2O. The van der Waals surface area contributed by atoms with Gasteiger partial charge in [-0.1, -0.05) is 23.8 Å². The Hall–Kier alpha value is -2.00. The molecule has 3 heteroatoms. The summed E-state index contributed by atoms with van der Waals surface area (Å²) in [6.45, 7) is 11.5. The van der Waals surface area contributed by atoms with E-state index in [2.05, 4.69) is 55.3 Å². The third-order valence-corrected chi connectivity index (χ3v) is 5.66. The van der Waals surface area contributed by atoms with E-state index in [0.29, 0.717) is 0 Å². The minimum atomic E-state index is 0.772. The third-order valence-electron chi connectivity index (χ3n) is 5.66. The van der Waals surface area contributed by atoms with Gasteiger partial charge in [-0.25, -0.2) is 0 Å². The molecule has 0 radical (unpaired) electrons. The van der Waals surface area contributed by atoms with Crippen LogP contribution in [0.3, 0.4) is 0 Å². The number of rotatable bonds is 2. The number of hydrogen-bond acceptors (Lipinski definition) is 3. The van der Waals surface area contributed by atoms with Crippen molar-refractivity contribution in [1.29, 1.82) is 0 Å². The third kappa shape index (κ3) is 3.13. The van der Waals surface area contributed by atoms with Crippen molar-refractivity contribution in [1.82, 2.24) is 5.32 Å². The lowest BCUT2D eigenvalue weighted by atomic mass is 9.94. The van der Waals surface area contributed by atoms with Crippen LogP contribution in [0.25, 0.3) is 0 Å². The first kappa shape index (κ1) is 16.5. The molecule has 0 saturated carbocycles. The Bertz CT molecular complexity index is 797. The highest BCUT2D eigenvalue weighted by Gasteiger charge is 2.25. The fourth-order valence-electron chi connectivity index (χ4n) is 4.23. The zero-order valence-corrected chi connectivity index (χ0v) is 15.6. The normalized spacial score (nSPS) is 16.7. The molecule has 2 aromatic carbocycles. The van der Waals surface area contributed by atoms with E-state index in [0.717, 1.165) is 51.4 Å². The average molecular weight is 336 g/mol. The Morgan fingerprint density at radius 1 is 1.08 bits per heavy atom. The van der Waals surface area contributed by atoms with Crippen LogP contribution in [-0.2, 0) is 19.4 Å². The second-order valence-corrected chi connectivity index (χ2v) is 7.44. The van der Waals surface area contributed by atoms with Crippen molar-refractivity contribution in [2.24, 2.45) is 0 Å². The molecule has 2 aromatic rings. The Balaban J connectivity index is 1.74. The summed E-state index contributed by atoms with van der Waals surface area (Å²) in [5.74, 6) is 1.08. The minimum absolute atomic E-state index is 0.772. The Labute approximate surface area is 151 Å². The summed E-state index contributed by atoms with van der Waals surface area (Å²) in [4.78, 5) is 2.52. The number of aryl methyl sites for hydroxylation is 2. The van der Waals surface area contributed by atoms with Crippen LogP contribution < -0.4 is 15.0 Å². The van der Waals surface area contributed by atoms with Crippen LogP contribution in [-0.4, -0.2) is 26.2 Å². The van der Waals surface area contributed by atoms with Crippen LogP contribution in [0.15, 0.2) is 24.3 Å². The lowest BCUT2D eigenvalue weighted by molar-refractivity contribution is 0.306. The van der Waals surface area contributed by atoms with Gasteiger partial charge in [-0.15, -0.1) is 0 Å². The highest BCUT2D eigenvalue weighted by molar-refractivity contribution is 5.69. The van der Waals surface area contributed by atoms with Crippen LogP contribution in [0.4, 0.5) is 5.69 Å². The highest BCUT2D eigenvalue weighted by atomic mass is 16.5. The summed E-state index contributed by atoms with van der Waals surface area (Å²) in [7, 11) is 0. The number of nitrogens with zero attached hydrogens (tertiary/aromatic N) is 1. The van der Waals surface area contributed by atoms with E-state index < -0.39 is 0 Å². The van der Waals surface area contributed by atoms with E-state index in [1.165, 1.54) is 39.1 Å². The summed E-state index contributed by atoms with van der Waals surface area (Å²) >= 11 is 0. The van der Waals surface area contributed by atoms with Gasteiger partial charge in [0.05, 0.1) is 12.2 Å². The zero-order valence-electron chi connectivity index (χ0n) is 15.6. The zero-order chi connectivity index (χ0) is 17.4.